The molecule has 0 radical (unpaired) electrons. The van der Waals surface area contributed by atoms with E-state index in [1.807, 2.05) is 31.2 Å². The van der Waals surface area contributed by atoms with Gasteiger partial charge in [-0.15, -0.1) is 0 Å². The number of nitrogens with one attached hydrogen (secondary N) is 2. The van der Waals surface area contributed by atoms with E-state index in [4.69, 9.17) is 23.9 Å². The Morgan fingerprint density at radius 1 is 0.933 bits per heavy atom. The van der Waals surface area contributed by atoms with Crippen LogP contribution in [0.15, 0.2) is 41.4 Å². The van der Waals surface area contributed by atoms with E-state index < -0.39 is 0 Å². The Kier molecular flexibility index (Phi) is 9.12. The molecule has 2 aromatic carbocycles. The van der Waals surface area contributed by atoms with Gasteiger partial charge in [0.15, 0.2) is 17.5 Å². The number of hydrogen-bond acceptors (Lipinski definition) is 5. The van der Waals surface area contributed by atoms with Crippen molar-refractivity contribution in [2.45, 2.75) is 26.2 Å². The first-order chi connectivity index (χ1) is 14.6. The van der Waals surface area contributed by atoms with Crippen molar-refractivity contribution in [1.29, 1.82) is 0 Å². The molecule has 1 atom stereocenters. The predicted octanol–water partition coefficient (Wildman–Crippen LogP) is 4.29. The average Bonchev–Trinajstić information content (AvgIpc) is 2.78. The van der Waals surface area contributed by atoms with Crippen LogP contribution in [0, 0.1) is 0 Å². The molecule has 2 aromatic rings. The monoisotopic (exact) mass is 415 g/mol. The third kappa shape index (κ3) is 6.20. The summed E-state index contributed by atoms with van der Waals surface area (Å²) in [5.41, 5.74) is 2.07. The Morgan fingerprint density at radius 2 is 1.57 bits per heavy atom. The molecule has 0 aromatic heterocycles. The molecule has 0 spiro atoms. The molecule has 7 heteroatoms. The summed E-state index contributed by atoms with van der Waals surface area (Å²) in [6.45, 7) is 5.68. The van der Waals surface area contributed by atoms with Crippen LogP contribution in [0.25, 0.3) is 0 Å². The van der Waals surface area contributed by atoms with Crippen molar-refractivity contribution in [2.75, 3.05) is 46.8 Å². The molecule has 1 unspecified atom stereocenters. The van der Waals surface area contributed by atoms with Crippen LogP contribution >= 0.6 is 0 Å². The van der Waals surface area contributed by atoms with Crippen molar-refractivity contribution in [3.63, 3.8) is 0 Å². The van der Waals surface area contributed by atoms with Crippen LogP contribution in [0.4, 0.5) is 5.69 Å². The molecule has 0 heterocycles. The quantitative estimate of drug-likeness (QED) is 0.445. The van der Waals surface area contributed by atoms with Crippen molar-refractivity contribution in [2.24, 2.45) is 4.99 Å². The summed E-state index contributed by atoms with van der Waals surface area (Å²) < 4.78 is 21.5. The molecule has 0 amide bonds. The molecule has 0 aliphatic heterocycles. The summed E-state index contributed by atoms with van der Waals surface area (Å²) >= 11 is 0. The van der Waals surface area contributed by atoms with Crippen molar-refractivity contribution >= 4 is 11.6 Å². The van der Waals surface area contributed by atoms with E-state index in [1.54, 1.807) is 28.4 Å². The second kappa shape index (κ2) is 11.8. The standard InChI is InChI=1S/C23H33N3O4/c1-7-24-23(25-13-12-16(2)17-8-10-19(27-3)11-9-17)26-18-14-20(28-4)22(30-6)21(15-18)29-5/h8-11,14-16H,7,12-13H2,1-6H3,(H2,24,25,26). The van der Waals surface area contributed by atoms with Gasteiger partial charge in [-0.1, -0.05) is 19.1 Å². The van der Waals surface area contributed by atoms with Crippen LogP contribution < -0.4 is 29.6 Å². The van der Waals surface area contributed by atoms with E-state index in [9.17, 15) is 0 Å². The van der Waals surface area contributed by atoms with Gasteiger partial charge < -0.3 is 29.6 Å². The van der Waals surface area contributed by atoms with E-state index in [-0.39, 0.29) is 0 Å². The van der Waals surface area contributed by atoms with Gasteiger partial charge in [0.05, 0.1) is 28.4 Å². The van der Waals surface area contributed by atoms with Crippen LogP contribution in [-0.2, 0) is 0 Å². The van der Waals surface area contributed by atoms with Gasteiger partial charge in [-0.3, -0.25) is 4.99 Å². The highest BCUT2D eigenvalue weighted by Crippen LogP contribution is 2.39. The zero-order valence-electron chi connectivity index (χ0n) is 18.7. The third-order valence-corrected chi connectivity index (χ3v) is 4.79. The number of benzene rings is 2. The summed E-state index contributed by atoms with van der Waals surface area (Å²) in [6.07, 6.45) is 0.929. The fraction of sp³-hybridized carbons (Fsp3) is 0.435. The second-order valence-corrected chi connectivity index (χ2v) is 6.76. The van der Waals surface area contributed by atoms with Crippen LogP contribution in [0.2, 0.25) is 0 Å². The Bertz CT molecular complexity index is 797. The maximum absolute atomic E-state index is 5.42. The van der Waals surface area contributed by atoms with Gasteiger partial charge in [0, 0.05) is 30.9 Å². The first-order valence-electron chi connectivity index (χ1n) is 10.1. The lowest BCUT2D eigenvalue weighted by Gasteiger charge is -2.17. The molecule has 2 N–H and O–H groups in total. The fourth-order valence-corrected chi connectivity index (χ4v) is 3.07. The Hall–Kier alpha value is -3.09. The molecule has 0 bridgehead atoms. The number of aliphatic imine (C=N–C) groups is 1. The fourth-order valence-electron chi connectivity index (χ4n) is 3.07. The topological polar surface area (TPSA) is 73.3 Å². The van der Waals surface area contributed by atoms with Crippen LogP contribution in [0.3, 0.4) is 0 Å². The summed E-state index contributed by atoms with van der Waals surface area (Å²) in [6, 6.07) is 11.9. The summed E-state index contributed by atoms with van der Waals surface area (Å²) in [7, 11) is 6.46. The van der Waals surface area contributed by atoms with Crippen molar-refractivity contribution in [3.8, 4) is 23.0 Å². The highest BCUT2D eigenvalue weighted by molar-refractivity contribution is 5.94. The van der Waals surface area contributed by atoms with Gasteiger partial charge in [-0.05, 0) is 37.0 Å². The minimum atomic E-state index is 0.392. The molecular weight excluding hydrogens is 382 g/mol. The lowest BCUT2D eigenvalue weighted by Crippen LogP contribution is -2.30. The summed E-state index contributed by atoms with van der Waals surface area (Å²) in [5.74, 6) is 3.69. The number of hydrogen-bond donors (Lipinski definition) is 2. The second-order valence-electron chi connectivity index (χ2n) is 6.76. The number of anilines is 1. The van der Waals surface area contributed by atoms with Gasteiger partial charge in [0.1, 0.15) is 5.75 Å². The summed E-state index contributed by atoms with van der Waals surface area (Å²) in [4.78, 5) is 4.72. The highest BCUT2D eigenvalue weighted by Gasteiger charge is 2.14. The third-order valence-electron chi connectivity index (χ3n) is 4.79. The zero-order chi connectivity index (χ0) is 21.9. The first kappa shape index (κ1) is 23.2. The molecular formula is C23H33N3O4. The molecule has 0 aliphatic carbocycles. The molecule has 2 rings (SSSR count). The lowest BCUT2D eigenvalue weighted by atomic mass is 9.98. The van der Waals surface area contributed by atoms with Gasteiger partial charge in [-0.25, -0.2) is 0 Å². The largest absolute Gasteiger partial charge is 0.497 e. The molecule has 164 valence electrons. The molecule has 30 heavy (non-hydrogen) atoms. The molecule has 0 saturated carbocycles. The van der Waals surface area contributed by atoms with E-state index in [2.05, 4.69) is 29.7 Å². The van der Waals surface area contributed by atoms with Crippen LogP contribution in [0.5, 0.6) is 23.0 Å². The normalized spacial score (nSPS) is 12.1. The van der Waals surface area contributed by atoms with Gasteiger partial charge in [0.2, 0.25) is 5.75 Å². The van der Waals surface area contributed by atoms with Crippen LogP contribution in [-0.4, -0.2) is 47.5 Å². The molecule has 7 nitrogen and oxygen atoms in total. The Balaban J connectivity index is 2.08. The minimum absolute atomic E-state index is 0.392. The Labute approximate surface area is 179 Å². The van der Waals surface area contributed by atoms with Crippen molar-refractivity contribution in [1.82, 2.24) is 5.32 Å². The molecule has 0 saturated heterocycles. The van der Waals surface area contributed by atoms with Crippen molar-refractivity contribution in [3.05, 3.63) is 42.0 Å². The number of methoxy groups -OCH3 is 4. The number of rotatable bonds is 10. The van der Waals surface area contributed by atoms with E-state index in [0.29, 0.717) is 35.7 Å². The number of nitrogens with zero attached hydrogens (tertiary/aromatic N) is 1. The molecule has 0 aliphatic rings. The van der Waals surface area contributed by atoms with Gasteiger partial charge in [0.25, 0.3) is 0 Å². The maximum Gasteiger partial charge on any atom is 0.203 e. The van der Waals surface area contributed by atoms with E-state index in [1.165, 1.54) is 5.56 Å². The smallest absolute Gasteiger partial charge is 0.203 e. The lowest BCUT2D eigenvalue weighted by molar-refractivity contribution is 0.324. The van der Waals surface area contributed by atoms with Gasteiger partial charge >= 0.3 is 0 Å². The number of ether oxygens (including phenoxy) is 4. The van der Waals surface area contributed by atoms with Crippen LogP contribution in [0.1, 0.15) is 31.7 Å². The average molecular weight is 416 g/mol. The first-order valence-corrected chi connectivity index (χ1v) is 10.1. The highest BCUT2D eigenvalue weighted by atomic mass is 16.5. The van der Waals surface area contributed by atoms with Gasteiger partial charge in [-0.2, -0.15) is 0 Å². The summed E-state index contributed by atoms with van der Waals surface area (Å²) in [5, 5.41) is 6.59. The van der Waals surface area contributed by atoms with Crippen molar-refractivity contribution < 1.29 is 18.9 Å². The Morgan fingerprint density at radius 3 is 2.07 bits per heavy atom. The minimum Gasteiger partial charge on any atom is -0.497 e. The van der Waals surface area contributed by atoms with E-state index >= 15 is 0 Å². The SMILES string of the molecule is CCNC(=NCCC(C)c1ccc(OC)cc1)Nc1cc(OC)c(OC)c(OC)c1. The maximum atomic E-state index is 5.42. The zero-order valence-corrected chi connectivity index (χ0v) is 18.7. The predicted molar refractivity (Wildman–Crippen MR) is 122 cm³/mol. The molecule has 0 fully saturated rings. The number of guanidine groups is 1. The van der Waals surface area contributed by atoms with E-state index in [0.717, 1.165) is 24.4 Å².